The largest absolute Gasteiger partial charge is 0.490 e. The Morgan fingerprint density at radius 2 is 1.75 bits per heavy atom. The molecule has 0 saturated carbocycles. The fourth-order valence-electron chi connectivity index (χ4n) is 1.57. The standard InChI is InChI=1S/C15H17BrN2O2/c1-11(2)15-17-13(16)10-14(18-15)20-9-8-19-12-6-4-3-5-7-12/h3-7,10-11H,8-9H2,1-2H3. The molecular formula is C15H17BrN2O2. The Kier molecular flexibility index (Phi) is 5.35. The molecule has 0 fully saturated rings. The van der Waals surface area contributed by atoms with E-state index < -0.39 is 0 Å². The van der Waals surface area contributed by atoms with Gasteiger partial charge in [-0.3, -0.25) is 0 Å². The molecule has 1 heterocycles. The van der Waals surface area contributed by atoms with Gasteiger partial charge >= 0.3 is 0 Å². The fraction of sp³-hybridized carbons (Fsp3) is 0.333. The lowest BCUT2D eigenvalue weighted by Crippen LogP contribution is -2.10. The van der Waals surface area contributed by atoms with E-state index in [1.807, 2.05) is 44.2 Å². The highest BCUT2D eigenvalue weighted by Gasteiger charge is 2.07. The van der Waals surface area contributed by atoms with Gasteiger partial charge in [0.05, 0.1) is 0 Å². The van der Waals surface area contributed by atoms with Crippen LogP contribution >= 0.6 is 15.9 Å². The van der Waals surface area contributed by atoms with Crippen molar-refractivity contribution in [3.8, 4) is 11.6 Å². The molecule has 0 aliphatic carbocycles. The SMILES string of the molecule is CC(C)c1nc(Br)cc(OCCOc2ccccc2)n1. The van der Waals surface area contributed by atoms with Crippen molar-refractivity contribution >= 4 is 15.9 Å². The molecular weight excluding hydrogens is 320 g/mol. The summed E-state index contributed by atoms with van der Waals surface area (Å²) in [5.74, 6) is 2.42. The third-order valence-corrected chi connectivity index (χ3v) is 2.96. The van der Waals surface area contributed by atoms with Gasteiger partial charge < -0.3 is 9.47 Å². The van der Waals surface area contributed by atoms with E-state index in [1.165, 1.54) is 0 Å². The quantitative estimate of drug-likeness (QED) is 0.594. The average Bonchev–Trinajstić information content (AvgIpc) is 2.44. The first-order chi connectivity index (χ1) is 9.65. The lowest BCUT2D eigenvalue weighted by Gasteiger charge is -2.10. The van der Waals surface area contributed by atoms with Crippen molar-refractivity contribution in [3.05, 3.63) is 46.8 Å². The van der Waals surface area contributed by atoms with Crippen LogP contribution < -0.4 is 9.47 Å². The van der Waals surface area contributed by atoms with E-state index in [0.717, 1.165) is 16.2 Å². The minimum atomic E-state index is 0.260. The average molecular weight is 337 g/mol. The molecule has 0 radical (unpaired) electrons. The summed E-state index contributed by atoms with van der Waals surface area (Å²) in [6.45, 7) is 5.01. The second-order valence-electron chi connectivity index (χ2n) is 4.55. The molecule has 0 bridgehead atoms. The third-order valence-electron chi connectivity index (χ3n) is 2.55. The van der Waals surface area contributed by atoms with Gasteiger partial charge in [-0.05, 0) is 28.1 Å². The normalized spacial score (nSPS) is 10.6. The van der Waals surface area contributed by atoms with Crippen LogP contribution in [-0.2, 0) is 0 Å². The maximum Gasteiger partial charge on any atom is 0.217 e. The van der Waals surface area contributed by atoms with Gasteiger partial charge in [-0.15, -0.1) is 0 Å². The van der Waals surface area contributed by atoms with E-state index in [9.17, 15) is 0 Å². The second kappa shape index (κ2) is 7.24. The number of halogens is 1. The van der Waals surface area contributed by atoms with Crippen LogP contribution in [0.15, 0.2) is 41.0 Å². The molecule has 5 heteroatoms. The summed E-state index contributed by atoms with van der Waals surface area (Å²) < 4.78 is 11.9. The molecule has 20 heavy (non-hydrogen) atoms. The molecule has 0 spiro atoms. The van der Waals surface area contributed by atoms with E-state index >= 15 is 0 Å². The molecule has 0 saturated heterocycles. The predicted molar refractivity (Wildman–Crippen MR) is 81.3 cm³/mol. The maximum absolute atomic E-state index is 5.59. The van der Waals surface area contributed by atoms with Gasteiger partial charge in [0.15, 0.2) is 0 Å². The lowest BCUT2D eigenvalue weighted by atomic mass is 10.2. The highest BCUT2D eigenvalue weighted by molar-refractivity contribution is 9.10. The molecule has 0 aliphatic rings. The predicted octanol–water partition coefficient (Wildman–Crippen LogP) is 3.82. The van der Waals surface area contributed by atoms with E-state index in [2.05, 4.69) is 25.9 Å². The first-order valence-corrected chi connectivity index (χ1v) is 7.29. The summed E-state index contributed by atoms with van der Waals surface area (Å²) in [7, 11) is 0. The molecule has 106 valence electrons. The Morgan fingerprint density at radius 3 is 2.45 bits per heavy atom. The molecule has 2 rings (SSSR count). The van der Waals surface area contributed by atoms with E-state index in [1.54, 1.807) is 6.07 Å². The molecule has 0 atom stereocenters. The highest BCUT2D eigenvalue weighted by atomic mass is 79.9. The van der Waals surface area contributed by atoms with Crippen molar-refractivity contribution < 1.29 is 9.47 Å². The minimum absolute atomic E-state index is 0.260. The van der Waals surface area contributed by atoms with E-state index in [4.69, 9.17) is 9.47 Å². The first kappa shape index (κ1) is 14.8. The summed E-state index contributed by atoms with van der Waals surface area (Å²) >= 11 is 3.36. The molecule has 0 amide bonds. The fourth-order valence-corrected chi connectivity index (χ4v) is 1.95. The zero-order valence-electron chi connectivity index (χ0n) is 11.5. The van der Waals surface area contributed by atoms with E-state index in [-0.39, 0.29) is 5.92 Å². The number of rotatable bonds is 6. The van der Waals surface area contributed by atoms with Gasteiger partial charge in [-0.2, -0.15) is 4.98 Å². The zero-order valence-corrected chi connectivity index (χ0v) is 13.1. The van der Waals surface area contributed by atoms with Crippen LogP contribution in [0, 0.1) is 0 Å². The molecule has 4 nitrogen and oxygen atoms in total. The number of nitrogens with zero attached hydrogens (tertiary/aromatic N) is 2. The van der Waals surface area contributed by atoms with E-state index in [0.29, 0.717) is 19.1 Å². The van der Waals surface area contributed by atoms with Crippen LogP contribution in [0.25, 0.3) is 0 Å². The van der Waals surface area contributed by atoms with Gasteiger partial charge in [-0.1, -0.05) is 32.0 Å². The number of hydrogen-bond acceptors (Lipinski definition) is 4. The summed E-state index contributed by atoms with van der Waals surface area (Å²) in [5.41, 5.74) is 0. The summed E-state index contributed by atoms with van der Waals surface area (Å²) in [4.78, 5) is 8.66. The van der Waals surface area contributed by atoms with Gasteiger partial charge in [0.2, 0.25) is 5.88 Å². The van der Waals surface area contributed by atoms with Gasteiger partial charge in [-0.25, -0.2) is 4.98 Å². The van der Waals surface area contributed by atoms with Crippen molar-refractivity contribution in [1.82, 2.24) is 9.97 Å². The smallest absolute Gasteiger partial charge is 0.217 e. The minimum Gasteiger partial charge on any atom is -0.490 e. The molecule has 0 N–H and O–H groups in total. The second-order valence-corrected chi connectivity index (χ2v) is 5.36. The Bertz CT molecular complexity index is 547. The number of ether oxygens (including phenoxy) is 2. The number of aromatic nitrogens is 2. The molecule has 0 unspecified atom stereocenters. The van der Waals surface area contributed by atoms with Crippen molar-refractivity contribution in [2.24, 2.45) is 0 Å². The van der Waals surface area contributed by atoms with Crippen LogP contribution in [0.4, 0.5) is 0 Å². The third kappa shape index (κ3) is 4.49. The van der Waals surface area contributed by atoms with Crippen molar-refractivity contribution in [1.29, 1.82) is 0 Å². The van der Waals surface area contributed by atoms with Crippen molar-refractivity contribution in [3.63, 3.8) is 0 Å². The topological polar surface area (TPSA) is 44.2 Å². The molecule has 2 aromatic rings. The van der Waals surface area contributed by atoms with Crippen LogP contribution in [0.2, 0.25) is 0 Å². The van der Waals surface area contributed by atoms with Crippen LogP contribution in [-0.4, -0.2) is 23.2 Å². The molecule has 0 aliphatic heterocycles. The van der Waals surface area contributed by atoms with Crippen LogP contribution in [0.1, 0.15) is 25.6 Å². The summed E-state index contributed by atoms with van der Waals surface area (Å²) in [5, 5.41) is 0. The summed E-state index contributed by atoms with van der Waals surface area (Å²) in [6.07, 6.45) is 0. The van der Waals surface area contributed by atoms with Gasteiger partial charge in [0, 0.05) is 12.0 Å². The van der Waals surface area contributed by atoms with Crippen molar-refractivity contribution in [2.45, 2.75) is 19.8 Å². The van der Waals surface area contributed by atoms with Crippen molar-refractivity contribution in [2.75, 3.05) is 13.2 Å². The Labute approximate surface area is 127 Å². The molecule has 1 aromatic heterocycles. The Morgan fingerprint density at radius 1 is 1.05 bits per heavy atom. The van der Waals surface area contributed by atoms with Crippen LogP contribution in [0.3, 0.4) is 0 Å². The Hall–Kier alpha value is -1.62. The first-order valence-electron chi connectivity index (χ1n) is 6.50. The van der Waals surface area contributed by atoms with Gasteiger partial charge in [0.1, 0.15) is 29.4 Å². The van der Waals surface area contributed by atoms with Gasteiger partial charge in [0.25, 0.3) is 0 Å². The lowest BCUT2D eigenvalue weighted by molar-refractivity contribution is 0.211. The zero-order chi connectivity index (χ0) is 14.4. The summed E-state index contributed by atoms with van der Waals surface area (Å²) in [6, 6.07) is 11.4. The number of para-hydroxylation sites is 1. The monoisotopic (exact) mass is 336 g/mol. The number of benzene rings is 1. The Balaban J connectivity index is 1.85. The number of hydrogen-bond donors (Lipinski definition) is 0. The van der Waals surface area contributed by atoms with Crippen LogP contribution in [0.5, 0.6) is 11.6 Å². The highest BCUT2D eigenvalue weighted by Crippen LogP contribution is 2.18. The maximum atomic E-state index is 5.59. The molecule has 1 aromatic carbocycles.